The van der Waals surface area contributed by atoms with Crippen molar-refractivity contribution in [2.45, 2.75) is 25.4 Å². The Hall–Kier alpha value is -1.76. The molecule has 2 heterocycles. The first-order valence-electron chi connectivity index (χ1n) is 9.18. The molecule has 1 saturated heterocycles. The maximum absolute atomic E-state index is 13.1. The Kier molecular flexibility index (Phi) is 6.40. The van der Waals surface area contributed by atoms with Gasteiger partial charge in [0.1, 0.15) is 9.88 Å². The van der Waals surface area contributed by atoms with Gasteiger partial charge in [0, 0.05) is 13.6 Å². The molecule has 0 radical (unpaired) electrons. The first-order valence-corrected chi connectivity index (χ1v) is 10.00. The first kappa shape index (κ1) is 19.0. The molecule has 0 bridgehead atoms. The zero-order chi connectivity index (χ0) is 18.5. The largest absolute Gasteiger partial charge is 0.333 e. The molecule has 1 amide bonds. The molecule has 1 aliphatic heterocycles. The standard InChI is InChI=1S/C20H28N4OS/c1-22(2)14-17(16-9-5-4-6-10-16)23(3)20(25)18-13-21-19(26-18)15-24-11-7-8-12-24/h4-6,9-10,13,17H,7-8,11-12,14-15H2,1-3H3. The molecule has 1 aromatic carbocycles. The third kappa shape index (κ3) is 4.69. The van der Waals surface area contributed by atoms with E-state index in [0.29, 0.717) is 0 Å². The molecule has 140 valence electrons. The molecule has 1 atom stereocenters. The van der Waals surface area contributed by atoms with Crippen molar-refractivity contribution in [1.82, 2.24) is 19.7 Å². The fraction of sp³-hybridized carbons (Fsp3) is 0.500. The smallest absolute Gasteiger partial charge is 0.265 e. The number of carbonyl (C=O) groups excluding carboxylic acids is 1. The summed E-state index contributed by atoms with van der Waals surface area (Å²) in [5, 5.41) is 1.03. The van der Waals surface area contributed by atoms with Crippen LogP contribution in [0.5, 0.6) is 0 Å². The van der Waals surface area contributed by atoms with Gasteiger partial charge in [-0.3, -0.25) is 9.69 Å². The van der Waals surface area contributed by atoms with Crippen molar-refractivity contribution in [3.05, 3.63) is 52.0 Å². The number of hydrogen-bond donors (Lipinski definition) is 0. The van der Waals surface area contributed by atoms with Gasteiger partial charge in [0.2, 0.25) is 0 Å². The summed E-state index contributed by atoms with van der Waals surface area (Å²) in [5.74, 6) is 0.0471. The number of likely N-dealkylation sites (N-methyl/N-ethyl adjacent to an activating group) is 2. The highest BCUT2D eigenvalue weighted by atomic mass is 32.1. The van der Waals surface area contributed by atoms with E-state index in [2.05, 4.69) is 26.9 Å². The molecule has 0 N–H and O–H groups in total. The van der Waals surface area contributed by atoms with E-state index in [1.54, 1.807) is 6.20 Å². The van der Waals surface area contributed by atoms with E-state index in [1.165, 1.54) is 24.2 Å². The van der Waals surface area contributed by atoms with Gasteiger partial charge in [0.25, 0.3) is 5.91 Å². The molecule has 5 nitrogen and oxygen atoms in total. The van der Waals surface area contributed by atoms with E-state index in [4.69, 9.17) is 0 Å². The minimum Gasteiger partial charge on any atom is -0.333 e. The Labute approximate surface area is 160 Å². The van der Waals surface area contributed by atoms with Gasteiger partial charge in [-0.2, -0.15) is 0 Å². The molecule has 0 spiro atoms. The van der Waals surface area contributed by atoms with Gasteiger partial charge in [0.05, 0.1) is 18.8 Å². The predicted molar refractivity (Wildman–Crippen MR) is 106 cm³/mol. The minimum absolute atomic E-state index is 0.0165. The number of nitrogens with zero attached hydrogens (tertiary/aromatic N) is 4. The molecule has 2 aromatic rings. The third-order valence-electron chi connectivity index (χ3n) is 4.83. The monoisotopic (exact) mass is 372 g/mol. The number of rotatable bonds is 7. The normalized spacial score (nSPS) is 16.2. The Morgan fingerprint density at radius 3 is 2.54 bits per heavy atom. The second kappa shape index (κ2) is 8.75. The second-order valence-electron chi connectivity index (χ2n) is 7.21. The van der Waals surface area contributed by atoms with E-state index in [0.717, 1.165) is 41.6 Å². The molecule has 1 fully saturated rings. The molecule has 0 aliphatic carbocycles. The summed E-state index contributed by atoms with van der Waals surface area (Å²) in [6.45, 7) is 3.93. The maximum Gasteiger partial charge on any atom is 0.265 e. The average Bonchev–Trinajstić information content (AvgIpc) is 3.31. The summed E-state index contributed by atoms with van der Waals surface area (Å²) < 4.78 is 0. The Morgan fingerprint density at radius 2 is 1.88 bits per heavy atom. The highest BCUT2D eigenvalue weighted by molar-refractivity contribution is 7.13. The maximum atomic E-state index is 13.1. The number of benzene rings is 1. The van der Waals surface area contributed by atoms with Crippen LogP contribution in [0.1, 0.15) is 39.1 Å². The van der Waals surface area contributed by atoms with Crippen LogP contribution in [0.2, 0.25) is 0 Å². The van der Waals surface area contributed by atoms with Crippen molar-refractivity contribution >= 4 is 17.2 Å². The zero-order valence-corrected chi connectivity index (χ0v) is 16.7. The average molecular weight is 373 g/mol. The van der Waals surface area contributed by atoms with Crippen LogP contribution in [0.3, 0.4) is 0 Å². The predicted octanol–water partition coefficient (Wildman–Crippen LogP) is 3.11. The number of amides is 1. The van der Waals surface area contributed by atoms with Crippen LogP contribution < -0.4 is 0 Å². The highest BCUT2D eigenvalue weighted by Crippen LogP contribution is 2.25. The van der Waals surface area contributed by atoms with Gasteiger partial charge in [-0.05, 0) is 45.6 Å². The minimum atomic E-state index is 0.0165. The van der Waals surface area contributed by atoms with Crippen LogP contribution in [0.4, 0.5) is 0 Å². The number of hydrogen-bond acceptors (Lipinski definition) is 5. The fourth-order valence-corrected chi connectivity index (χ4v) is 4.35. The molecule has 0 saturated carbocycles. The van der Waals surface area contributed by atoms with E-state index < -0.39 is 0 Å². The van der Waals surface area contributed by atoms with Crippen LogP contribution in [0.15, 0.2) is 36.5 Å². The Bertz CT molecular complexity index is 710. The van der Waals surface area contributed by atoms with Gasteiger partial charge < -0.3 is 9.80 Å². The first-order chi connectivity index (χ1) is 12.5. The Morgan fingerprint density at radius 1 is 1.19 bits per heavy atom. The lowest BCUT2D eigenvalue weighted by atomic mass is 10.1. The van der Waals surface area contributed by atoms with Gasteiger partial charge >= 0.3 is 0 Å². The molecular weight excluding hydrogens is 344 g/mol. The van der Waals surface area contributed by atoms with Crippen molar-refractivity contribution < 1.29 is 4.79 Å². The van der Waals surface area contributed by atoms with Crippen LogP contribution in [-0.4, -0.2) is 66.4 Å². The SMILES string of the molecule is CN(C)CC(c1ccccc1)N(C)C(=O)c1cnc(CN2CCCC2)s1. The molecule has 3 rings (SSSR count). The van der Waals surface area contributed by atoms with E-state index >= 15 is 0 Å². The van der Waals surface area contributed by atoms with Gasteiger partial charge in [-0.25, -0.2) is 4.98 Å². The lowest BCUT2D eigenvalue weighted by Gasteiger charge is -2.30. The lowest BCUT2D eigenvalue weighted by molar-refractivity contribution is 0.0710. The number of carbonyl (C=O) groups is 1. The molecule has 1 aliphatic rings. The van der Waals surface area contributed by atoms with Crippen molar-refractivity contribution in [1.29, 1.82) is 0 Å². The van der Waals surface area contributed by atoms with Gasteiger partial charge in [-0.15, -0.1) is 11.3 Å². The summed E-state index contributed by atoms with van der Waals surface area (Å²) in [6.07, 6.45) is 4.28. The van der Waals surface area contributed by atoms with E-state index in [-0.39, 0.29) is 11.9 Å². The lowest BCUT2D eigenvalue weighted by Crippen LogP contribution is -2.36. The van der Waals surface area contributed by atoms with Crippen molar-refractivity contribution in [3.8, 4) is 0 Å². The van der Waals surface area contributed by atoms with Crippen molar-refractivity contribution in [2.75, 3.05) is 40.8 Å². The summed E-state index contributed by atoms with van der Waals surface area (Å²) in [6, 6.07) is 10.2. The quantitative estimate of drug-likeness (QED) is 0.749. The summed E-state index contributed by atoms with van der Waals surface area (Å²) in [4.78, 5) is 24.7. The third-order valence-corrected chi connectivity index (χ3v) is 5.80. The molecular formula is C20H28N4OS. The zero-order valence-electron chi connectivity index (χ0n) is 15.9. The number of likely N-dealkylation sites (tertiary alicyclic amines) is 1. The van der Waals surface area contributed by atoms with Gasteiger partial charge in [0.15, 0.2) is 0 Å². The molecule has 26 heavy (non-hydrogen) atoms. The number of thiazole rings is 1. The van der Waals surface area contributed by atoms with Crippen LogP contribution >= 0.6 is 11.3 Å². The van der Waals surface area contributed by atoms with Crippen LogP contribution in [0.25, 0.3) is 0 Å². The second-order valence-corrected chi connectivity index (χ2v) is 8.32. The molecule has 1 unspecified atom stereocenters. The Balaban J connectivity index is 1.73. The van der Waals surface area contributed by atoms with Crippen molar-refractivity contribution in [3.63, 3.8) is 0 Å². The molecule has 6 heteroatoms. The topological polar surface area (TPSA) is 39.7 Å². The molecule has 1 aromatic heterocycles. The summed E-state index contributed by atoms with van der Waals surface area (Å²) in [7, 11) is 5.97. The summed E-state index contributed by atoms with van der Waals surface area (Å²) >= 11 is 1.53. The highest BCUT2D eigenvalue weighted by Gasteiger charge is 2.25. The summed E-state index contributed by atoms with van der Waals surface area (Å²) in [5.41, 5.74) is 1.15. The van der Waals surface area contributed by atoms with E-state index in [9.17, 15) is 4.79 Å². The fourth-order valence-electron chi connectivity index (χ4n) is 3.40. The van der Waals surface area contributed by atoms with Gasteiger partial charge in [-0.1, -0.05) is 30.3 Å². The van der Waals surface area contributed by atoms with Crippen LogP contribution in [0, 0.1) is 0 Å². The van der Waals surface area contributed by atoms with E-state index in [1.807, 2.05) is 44.2 Å². The van der Waals surface area contributed by atoms with Crippen molar-refractivity contribution in [2.24, 2.45) is 0 Å². The van der Waals surface area contributed by atoms with Crippen LogP contribution in [-0.2, 0) is 6.54 Å². The number of aromatic nitrogens is 1.